The highest BCUT2D eigenvalue weighted by atomic mass is 16.5. The molecular weight excluding hydrogens is 284 g/mol. The third-order valence-corrected chi connectivity index (χ3v) is 2.63. The van der Waals surface area contributed by atoms with Crippen molar-refractivity contribution in [1.82, 2.24) is 15.3 Å². The van der Waals surface area contributed by atoms with Crippen LogP contribution in [-0.2, 0) is 4.79 Å². The largest absolute Gasteiger partial charge is 0.464 e. The molecule has 0 radical (unpaired) electrons. The number of nitrogens with zero attached hydrogens (tertiary/aromatic N) is 2. The van der Waals surface area contributed by atoms with Crippen LogP contribution in [0.5, 0.6) is 6.01 Å². The van der Waals surface area contributed by atoms with Crippen LogP contribution in [0.15, 0.2) is 42.7 Å². The Balaban J connectivity index is 1.81. The number of carbonyl (C=O) groups is 2. The Morgan fingerprint density at radius 3 is 2.45 bits per heavy atom. The molecule has 2 rings (SSSR count). The number of anilines is 1. The molecule has 1 aromatic heterocycles. The SMILES string of the molecule is CCOc1ncc(NC(=O)CNC(=O)c2ccccc2)cn1. The maximum Gasteiger partial charge on any atom is 0.316 e. The van der Waals surface area contributed by atoms with Crippen molar-refractivity contribution in [3.63, 3.8) is 0 Å². The van der Waals surface area contributed by atoms with Gasteiger partial charge in [-0.2, -0.15) is 0 Å². The molecule has 0 fully saturated rings. The van der Waals surface area contributed by atoms with Gasteiger partial charge in [-0.1, -0.05) is 18.2 Å². The Morgan fingerprint density at radius 1 is 1.14 bits per heavy atom. The quantitative estimate of drug-likeness (QED) is 0.837. The van der Waals surface area contributed by atoms with Crippen molar-refractivity contribution in [1.29, 1.82) is 0 Å². The van der Waals surface area contributed by atoms with E-state index in [0.29, 0.717) is 17.9 Å². The summed E-state index contributed by atoms with van der Waals surface area (Å²) in [5.41, 5.74) is 0.933. The van der Waals surface area contributed by atoms with E-state index in [4.69, 9.17) is 4.74 Å². The fraction of sp³-hybridized carbons (Fsp3) is 0.200. The van der Waals surface area contributed by atoms with E-state index in [9.17, 15) is 9.59 Å². The van der Waals surface area contributed by atoms with Gasteiger partial charge >= 0.3 is 6.01 Å². The number of hydrogen-bond acceptors (Lipinski definition) is 5. The minimum atomic E-state index is -0.364. The molecule has 114 valence electrons. The zero-order valence-electron chi connectivity index (χ0n) is 12.1. The van der Waals surface area contributed by atoms with E-state index in [0.717, 1.165) is 0 Å². The van der Waals surface area contributed by atoms with Gasteiger partial charge in [0.05, 0.1) is 31.2 Å². The molecule has 1 heterocycles. The van der Waals surface area contributed by atoms with E-state index in [2.05, 4.69) is 20.6 Å². The van der Waals surface area contributed by atoms with Crippen LogP contribution < -0.4 is 15.4 Å². The van der Waals surface area contributed by atoms with Gasteiger partial charge in [0.25, 0.3) is 5.91 Å². The number of aromatic nitrogens is 2. The molecule has 7 heteroatoms. The van der Waals surface area contributed by atoms with Gasteiger partial charge in [0.2, 0.25) is 5.91 Å². The van der Waals surface area contributed by atoms with Crippen molar-refractivity contribution in [2.75, 3.05) is 18.5 Å². The number of hydrogen-bond donors (Lipinski definition) is 2. The van der Waals surface area contributed by atoms with Crippen LogP contribution in [0.25, 0.3) is 0 Å². The smallest absolute Gasteiger partial charge is 0.316 e. The minimum absolute atomic E-state index is 0.138. The van der Waals surface area contributed by atoms with Gasteiger partial charge in [-0.3, -0.25) is 9.59 Å². The molecule has 0 unspecified atom stereocenters. The Kier molecular flexibility index (Phi) is 5.42. The van der Waals surface area contributed by atoms with E-state index in [1.54, 1.807) is 24.3 Å². The molecule has 0 aliphatic rings. The summed E-state index contributed by atoms with van der Waals surface area (Å²) in [6.45, 7) is 2.16. The van der Waals surface area contributed by atoms with E-state index >= 15 is 0 Å². The second kappa shape index (κ2) is 7.72. The molecule has 0 aliphatic carbocycles. The van der Waals surface area contributed by atoms with Crippen molar-refractivity contribution in [3.8, 4) is 6.01 Å². The molecule has 0 spiro atoms. The Morgan fingerprint density at radius 2 is 1.82 bits per heavy atom. The first-order valence-corrected chi connectivity index (χ1v) is 6.77. The van der Waals surface area contributed by atoms with Gasteiger partial charge in [-0.05, 0) is 19.1 Å². The average molecular weight is 300 g/mol. The van der Waals surface area contributed by atoms with Crippen LogP contribution in [0.2, 0.25) is 0 Å². The number of amides is 2. The molecule has 0 bridgehead atoms. The van der Waals surface area contributed by atoms with Gasteiger partial charge in [0.1, 0.15) is 0 Å². The summed E-state index contributed by atoms with van der Waals surface area (Å²) in [5.74, 6) is -0.671. The summed E-state index contributed by atoms with van der Waals surface area (Å²) in [6.07, 6.45) is 2.88. The van der Waals surface area contributed by atoms with Crippen molar-refractivity contribution >= 4 is 17.5 Å². The highest BCUT2D eigenvalue weighted by Gasteiger charge is 2.08. The van der Waals surface area contributed by atoms with Crippen LogP contribution in [0.1, 0.15) is 17.3 Å². The first-order chi connectivity index (χ1) is 10.7. The van der Waals surface area contributed by atoms with E-state index in [1.807, 2.05) is 13.0 Å². The highest BCUT2D eigenvalue weighted by molar-refractivity contribution is 5.99. The first-order valence-electron chi connectivity index (χ1n) is 6.77. The third-order valence-electron chi connectivity index (χ3n) is 2.63. The van der Waals surface area contributed by atoms with E-state index in [-0.39, 0.29) is 24.4 Å². The predicted octanol–water partition coefficient (Wildman–Crippen LogP) is 1.24. The maximum absolute atomic E-state index is 11.8. The lowest BCUT2D eigenvalue weighted by atomic mass is 10.2. The molecule has 1 aromatic carbocycles. The van der Waals surface area contributed by atoms with Crippen molar-refractivity contribution in [2.24, 2.45) is 0 Å². The number of ether oxygens (including phenoxy) is 1. The summed E-state index contributed by atoms with van der Waals surface area (Å²) in [4.78, 5) is 31.4. The fourth-order valence-corrected chi connectivity index (χ4v) is 1.64. The first kappa shape index (κ1) is 15.4. The van der Waals surface area contributed by atoms with Crippen LogP contribution in [-0.4, -0.2) is 34.9 Å². The summed E-state index contributed by atoms with van der Waals surface area (Å²) in [7, 11) is 0. The van der Waals surface area contributed by atoms with Gasteiger partial charge in [0.15, 0.2) is 0 Å². The topological polar surface area (TPSA) is 93.2 Å². The second-order valence-electron chi connectivity index (χ2n) is 4.28. The van der Waals surface area contributed by atoms with Gasteiger partial charge in [-0.15, -0.1) is 0 Å². The molecule has 2 aromatic rings. The van der Waals surface area contributed by atoms with Gasteiger partial charge in [-0.25, -0.2) is 9.97 Å². The Hall–Kier alpha value is -2.96. The van der Waals surface area contributed by atoms with Crippen molar-refractivity contribution in [2.45, 2.75) is 6.92 Å². The van der Waals surface area contributed by atoms with E-state index < -0.39 is 0 Å². The summed E-state index contributed by atoms with van der Waals surface area (Å²) < 4.78 is 5.10. The van der Waals surface area contributed by atoms with Crippen LogP contribution in [0, 0.1) is 0 Å². The molecule has 2 amide bonds. The second-order valence-corrected chi connectivity index (χ2v) is 4.28. The Bertz CT molecular complexity index is 629. The molecule has 0 aliphatic heterocycles. The minimum Gasteiger partial charge on any atom is -0.464 e. The fourth-order valence-electron chi connectivity index (χ4n) is 1.64. The summed E-state index contributed by atoms with van der Waals surface area (Å²) in [5, 5.41) is 5.12. The maximum atomic E-state index is 11.8. The monoisotopic (exact) mass is 300 g/mol. The molecule has 22 heavy (non-hydrogen) atoms. The molecule has 2 N–H and O–H groups in total. The zero-order valence-corrected chi connectivity index (χ0v) is 12.1. The lowest BCUT2D eigenvalue weighted by Crippen LogP contribution is -2.32. The van der Waals surface area contributed by atoms with Crippen LogP contribution in [0.3, 0.4) is 0 Å². The van der Waals surface area contributed by atoms with Crippen LogP contribution in [0.4, 0.5) is 5.69 Å². The van der Waals surface area contributed by atoms with Crippen molar-refractivity contribution in [3.05, 3.63) is 48.3 Å². The molecule has 0 saturated carbocycles. The molecule has 0 saturated heterocycles. The lowest BCUT2D eigenvalue weighted by molar-refractivity contribution is -0.115. The standard InChI is InChI=1S/C15H16N4O3/c1-2-22-15-17-8-12(9-18-15)19-13(20)10-16-14(21)11-6-4-3-5-7-11/h3-9H,2,10H2,1H3,(H,16,21)(H,19,20). The lowest BCUT2D eigenvalue weighted by Gasteiger charge is -2.07. The zero-order chi connectivity index (χ0) is 15.8. The van der Waals surface area contributed by atoms with Gasteiger partial charge < -0.3 is 15.4 Å². The van der Waals surface area contributed by atoms with Crippen molar-refractivity contribution < 1.29 is 14.3 Å². The summed E-state index contributed by atoms with van der Waals surface area (Å²) in [6, 6.07) is 8.92. The number of carbonyl (C=O) groups excluding carboxylic acids is 2. The number of benzene rings is 1. The number of nitrogens with one attached hydrogen (secondary N) is 2. The molecule has 7 nitrogen and oxygen atoms in total. The molecule has 0 atom stereocenters. The predicted molar refractivity (Wildman–Crippen MR) is 80.6 cm³/mol. The normalized spacial score (nSPS) is 9.86. The average Bonchev–Trinajstić information content (AvgIpc) is 2.55. The highest BCUT2D eigenvalue weighted by Crippen LogP contribution is 2.06. The third kappa shape index (κ3) is 4.55. The summed E-state index contributed by atoms with van der Waals surface area (Å²) >= 11 is 0. The van der Waals surface area contributed by atoms with E-state index in [1.165, 1.54) is 12.4 Å². The van der Waals surface area contributed by atoms with Gasteiger partial charge in [0, 0.05) is 5.56 Å². The van der Waals surface area contributed by atoms with Crippen LogP contribution >= 0.6 is 0 Å². The Labute approximate surface area is 127 Å². The molecular formula is C15H16N4O3. The number of rotatable bonds is 6.